The second kappa shape index (κ2) is 3.19. The molecule has 3 rings (SSSR count). The van der Waals surface area contributed by atoms with Crippen molar-refractivity contribution >= 4 is 40.8 Å². The number of ether oxygens (including phenoxy) is 1. The molecule has 2 aliphatic carbocycles. The molecule has 5 atom stereocenters. The first-order chi connectivity index (χ1) is 7.34. The molecule has 16 heavy (non-hydrogen) atoms. The van der Waals surface area contributed by atoms with Crippen LogP contribution in [-0.4, -0.2) is 20.7 Å². The highest BCUT2D eigenvalue weighted by atomic mass is 35.6. The van der Waals surface area contributed by atoms with Gasteiger partial charge in [0, 0.05) is 5.92 Å². The Kier molecular flexibility index (Phi) is 2.27. The zero-order valence-corrected chi connectivity index (χ0v) is 10.6. The quantitative estimate of drug-likeness (QED) is 0.548. The van der Waals surface area contributed by atoms with Gasteiger partial charge in [0.15, 0.2) is 0 Å². The summed E-state index contributed by atoms with van der Waals surface area (Å²) in [6, 6.07) is 0. The lowest BCUT2D eigenvalue weighted by Crippen LogP contribution is -2.50. The molecular weight excluding hydrogens is 274 g/mol. The number of carbonyl (C=O) groups is 1. The van der Waals surface area contributed by atoms with Crippen molar-refractivity contribution in [1.29, 1.82) is 0 Å². The van der Waals surface area contributed by atoms with E-state index in [4.69, 9.17) is 39.5 Å². The van der Waals surface area contributed by atoms with Crippen LogP contribution in [0.2, 0.25) is 0 Å². The molecule has 3 fully saturated rings. The summed E-state index contributed by atoms with van der Waals surface area (Å²) in [6.07, 6.45) is 2.93. The molecule has 90 valence electrons. The van der Waals surface area contributed by atoms with Gasteiger partial charge in [0.1, 0.15) is 0 Å². The van der Waals surface area contributed by atoms with Crippen molar-refractivity contribution in [3.63, 3.8) is 0 Å². The van der Waals surface area contributed by atoms with Crippen LogP contribution in [0.5, 0.6) is 0 Å². The van der Waals surface area contributed by atoms with Crippen molar-refractivity contribution in [3.05, 3.63) is 0 Å². The zero-order chi connectivity index (χ0) is 11.7. The van der Waals surface area contributed by atoms with Crippen molar-refractivity contribution in [1.82, 2.24) is 0 Å². The summed E-state index contributed by atoms with van der Waals surface area (Å²) in [7, 11) is 0. The van der Waals surface area contributed by atoms with Crippen molar-refractivity contribution in [3.8, 4) is 0 Å². The number of halogens is 3. The molecule has 0 radical (unpaired) electrons. The number of carbonyl (C=O) groups excluding carboxylic acids is 1. The molecule has 2 saturated carbocycles. The summed E-state index contributed by atoms with van der Waals surface area (Å²) in [5, 5.41) is 10.4. The van der Waals surface area contributed by atoms with Crippen LogP contribution >= 0.6 is 34.8 Å². The van der Waals surface area contributed by atoms with Crippen LogP contribution in [-0.2, 0) is 9.53 Å². The second-order valence-electron chi connectivity index (χ2n) is 5.00. The highest BCUT2D eigenvalue weighted by molar-refractivity contribution is 6.68. The minimum Gasteiger partial charge on any atom is -0.428 e. The van der Waals surface area contributed by atoms with E-state index in [2.05, 4.69) is 0 Å². The van der Waals surface area contributed by atoms with Gasteiger partial charge < -0.3 is 9.84 Å². The first kappa shape index (κ1) is 11.4. The molecule has 1 heterocycles. The molecule has 0 aromatic rings. The van der Waals surface area contributed by atoms with Crippen LogP contribution < -0.4 is 0 Å². The van der Waals surface area contributed by atoms with E-state index in [0.29, 0.717) is 5.92 Å². The Morgan fingerprint density at radius 3 is 2.56 bits per heavy atom. The maximum absolute atomic E-state index is 11.7. The monoisotopic (exact) mass is 284 g/mol. The maximum Gasteiger partial charge on any atom is 0.312 e. The van der Waals surface area contributed by atoms with Crippen LogP contribution in [0.25, 0.3) is 0 Å². The van der Waals surface area contributed by atoms with E-state index in [-0.39, 0.29) is 17.8 Å². The molecule has 0 unspecified atom stereocenters. The molecule has 0 amide bonds. The maximum atomic E-state index is 11.7. The average molecular weight is 286 g/mol. The zero-order valence-electron chi connectivity index (χ0n) is 8.33. The molecule has 1 aliphatic heterocycles. The number of hydrogen-bond acceptors (Lipinski definition) is 3. The van der Waals surface area contributed by atoms with Crippen LogP contribution in [0.4, 0.5) is 0 Å². The number of esters is 1. The fourth-order valence-electron chi connectivity index (χ4n) is 3.73. The number of fused-ring (bicyclic) bond motifs is 5. The minimum atomic E-state index is -1.98. The van der Waals surface area contributed by atoms with Crippen molar-refractivity contribution in [2.24, 2.45) is 23.7 Å². The van der Waals surface area contributed by atoms with E-state index >= 15 is 0 Å². The van der Waals surface area contributed by atoms with Gasteiger partial charge in [-0.25, -0.2) is 0 Å². The SMILES string of the molecule is O=C1O[C@@](O)(C(Cl)(Cl)Cl)[C@@H]2[C@H]3CC[C@H](C3)[C@@H]12. The molecule has 0 aromatic heterocycles. The van der Waals surface area contributed by atoms with E-state index in [0.717, 1.165) is 19.3 Å². The van der Waals surface area contributed by atoms with E-state index in [1.165, 1.54) is 0 Å². The Morgan fingerprint density at radius 2 is 1.94 bits per heavy atom. The summed E-state index contributed by atoms with van der Waals surface area (Å²) >= 11 is 17.3. The normalized spacial score (nSPS) is 50.6. The predicted molar refractivity (Wildman–Crippen MR) is 59.1 cm³/mol. The standard InChI is InChI=1S/C10H11Cl3O3/c11-10(12,13)9(15)7-5-2-1-4(3-5)6(7)8(14)16-9/h4-7,15H,1-3H2/t4-,5+,6-,7-,9-/m1/s1. The van der Waals surface area contributed by atoms with Crippen molar-refractivity contribution in [2.75, 3.05) is 0 Å². The number of alkyl halides is 3. The molecule has 3 aliphatic rings. The first-order valence-electron chi connectivity index (χ1n) is 5.36. The number of rotatable bonds is 0. The van der Waals surface area contributed by atoms with E-state index in [1.807, 2.05) is 0 Å². The van der Waals surface area contributed by atoms with Crippen molar-refractivity contribution in [2.45, 2.75) is 28.8 Å². The summed E-state index contributed by atoms with van der Waals surface area (Å²) in [5.74, 6) is -2.46. The molecule has 0 spiro atoms. The van der Waals surface area contributed by atoms with Crippen LogP contribution in [0.3, 0.4) is 0 Å². The molecule has 1 N–H and O–H groups in total. The lowest BCUT2D eigenvalue weighted by molar-refractivity contribution is -0.204. The van der Waals surface area contributed by atoms with E-state index in [9.17, 15) is 9.90 Å². The third kappa shape index (κ3) is 1.23. The van der Waals surface area contributed by atoms with Crippen LogP contribution in [0.15, 0.2) is 0 Å². The fraction of sp³-hybridized carbons (Fsp3) is 0.900. The van der Waals surface area contributed by atoms with Gasteiger partial charge in [-0.1, -0.05) is 34.8 Å². The molecule has 2 bridgehead atoms. The Hall–Kier alpha value is 0.300. The van der Waals surface area contributed by atoms with Gasteiger partial charge in [-0.15, -0.1) is 0 Å². The number of aliphatic hydroxyl groups is 1. The van der Waals surface area contributed by atoms with Gasteiger partial charge in [0.2, 0.25) is 0 Å². The lowest BCUT2D eigenvalue weighted by Gasteiger charge is -2.36. The van der Waals surface area contributed by atoms with Gasteiger partial charge in [0.05, 0.1) is 5.92 Å². The van der Waals surface area contributed by atoms with Gasteiger partial charge in [0.25, 0.3) is 9.58 Å². The average Bonchev–Trinajstić information content (AvgIpc) is 2.77. The third-order valence-corrected chi connectivity index (χ3v) is 5.12. The fourth-order valence-corrected chi connectivity index (χ4v) is 4.22. The Morgan fingerprint density at radius 1 is 1.31 bits per heavy atom. The summed E-state index contributed by atoms with van der Waals surface area (Å²) in [4.78, 5) is 11.7. The number of hydrogen-bond donors (Lipinski definition) is 1. The number of cyclic esters (lactones) is 1. The van der Waals surface area contributed by atoms with Crippen LogP contribution in [0.1, 0.15) is 19.3 Å². The van der Waals surface area contributed by atoms with E-state index in [1.54, 1.807) is 0 Å². The molecule has 3 nitrogen and oxygen atoms in total. The highest BCUT2D eigenvalue weighted by Crippen LogP contribution is 2.63. The summed E-state index contributed by atoms with van der Waals surface area (Å²) in [6.45, 7) is 0. The smallest absolute Gasteiger partial charge is 0.312 e. The minimum absolute atomic E-state index is 0.238. The van der Waals surface area contributed by atoms with Gasteiger partial charge in [-0.05, 0) is 31.1 Å². The van der Waals surface area contributed by atoms with Crippen molar-refractivity contribution < 1.29 is 14.6 Å². The molecule has 6 heteroatoms. The first-order valence-corrected chi connectivity index (χ1v) is 6.50. The second-order valence-corrected chi connectivity index (χ2v) is 7.28. The Bertz CT molecular complexity index is 354. The van der Waals surface area contributed by atoms with E-state index < -0.39 is 15.5 Å². The molecule has 1 saturated heterocycles. The topological polar surface area (TPSA) is 46.5 Å². The Balaban J connectivity index is 2.02. The van der Waals surface area contributed by atoms with Gasteiger partial charge in [-0.3, -0.25) is 4.79 Å². The lowest BCUT2D eigenvalue weighted by atomic mass is 9.77. The van der Waals surface area contributed by atoms with Gasteiger partial charge >= 0.3 is 5.97 Å². The van der Waals surface area contributed by atoms with Gasteiger partial charge in [-0.2, -0.15) is 0 Å². The highest BCUT2D eigenvalue weighted by Gasteiger charge is 2.71. The Labute approximate surface area is 108 Å². The third-order valence-electron chi connectivity index (χ3n) is 4.30. The largest absolute Gasteiger partial charge is 0.428 e. The molecule has 0 aromatic carbocycles. The summed E-state index contributed by atoms with van der Waals surface area (Å²) in [5.41, 5.74) is 0. The molecular formula is C10H11Cl3O3. The summed E-state index contributed by atoms with van der Waals surface area (Å²) < 4.78 is 3.00. The van der Waals surface area contributed by atoms with Crippen LogP contribution in [0, 0.1) is 23.7 Å². The predicted octanol–water partition coefficient (Wildman–Crippen LogP) is 2.26.